The number of nitrogens with two attached hydrogens (primary N) is 1. The molecule has 0 saturated carbocycles. The smallest absolute Gasteiger partial charge is 0.328 e. The van der Waals surface area contributed by atoms with E-state index in [-0.39, 0.29) is 12.2 Å². The highest BCUT2D eigenvalue weighted by atomic mass is 16.4. The van der Waals surface area contributed by atoms with Crippen LogP contribution in [-0.4, -0.2) is 57.8 Å². The van der Waals surface area contributed by atoms with Crippen LogP contribution in [0.15, 0.2) is 24.3 Å². The van der Waals surface area contributed by atoms with Gasteiger partial charge in [0, 0.05) is 6.42 Å². The number of nitrogens with one attached hydrogen (secondary N) is 2. The molecule has 0 fully saturated rings. The Hall–Kier alpha value is -2.65. The molecule has 0 radical (unpaired) electrons. The van der Waals surface area contributed by atoms with Gasteiger partial charge in [-0.15, -0.1) is 0 Å². The van der Waals surface area contributed by atoms with Crippen molar-refractivity contribution < 1.29 is 29.7 Å². The molecule has 3 atom stereocenters. The summed E-state index contributed by atoms with van der Waals surface area (Å²) in [6.07, 6.45) is 0.0579. The Labute approximate surface area is 138 Å². The first-order valence-corrected chi connectivity index (χ1v) is 7.22. The summed E-state index contributed by atoms with van der Waals surface area (Å²) in [6, 6.07) is 2.56. The Morgan fingerprint density at radius 1 is 1.08 bits per heavy atom. The number of carbonyl (C=O) groups is 3. The van der Waals surface area contributed by atoms with Crippen molar-refractivity contribution >= 4 is 17.8 Å². The van der Waals surface area contributed by atoms with E-state index in [1.807, 2.05) is 0 Å². The molecule has 1 aromatic rings. The van der Waals surface area contributed by atoms with Crippen molar-refractivity contribution in [3.05, 3.63) is 29.8 Å². The molecule has 24 heavy (non-hydrogen) atoms. The number of phenols is 1. The van der Waals surface area contributed by atoms with Crippen LogP contribution in [0.25, 0.3) is 0 Å². The summed E-state index contributed by atoms with van der Waals surface area (Å²) in [6.45, 7) is 0.660. The van der Waals surface area contributed by atoms with Crippen molar-refractivity contribution in [1.82, 2.24) is 10.6 Å². The normalized spacial score (nSPS) is 14.3. The van der Waals surface area contributed by atoms with Crippen LogP contribution in [0.5, 0.6) is 5.75 Å². The molecule has 0 aliphatic rings. The lowest BCUT2D eigenvalue weighted by molar-refractivity contribution is -0.143. The van der Waals surface area contributed by atoms with Gasteiger partial charge in [0.1, 0.15) is 17.8 Å². The number of hydrogen-bond acceptors (Lipinski definition) is 6. The molecule has 0 bridgehead atoms. The van der Waals surface area contributed by atoms with E-state index in [0.29, 0.717) is 5.56 Å². The molecule has 3 unspecified atom stereocenters. The molecule has 9 heteroatoms. The summed E-state index contributed by atoms with van der Waals surface area (Å²) < 4.78 is 0. The number of amides is 2. The van der Waals surface area contributed by atoms with Gasteiger partial charge in [-0.05, 0) is 24.6 Å². The van der Waals surface area contributed by atoms with Crippen molar-refractivity contribution in [2.45, 2.75) is 31.5 Å². The first kappa shape index (κ1) is 19.4. The summed E-state index contributed by atoms with van der Waals surface area (Å²) in [4.78, 5) is 34.9. The largest absolute Gasteiger partial charge is 0.508 e. The van der Waals surface area contributed by atoms with Gasteiger partial charge < -0.3 is 31.7 Å². The highest BCUT2D eigenvalue weighted by molar-refractivity contribution is 5.91. The lowest BCUT2D eigenvalue weighted by Gasteiger charge is -2.21. The Bertz CT molecular complexity index is 587. The second-order valence-electron chi connectivity index (χ2n) is 5.30. The number of rotatable bonds is 8. The molecular formula is C15H21N3O6. The molecule has 132 valence electrons. The van der Waals surface area contributed by atoms with Gasteiger partial charge in [-0.25, -0.2) is 4.79 Å². The number of aliphatic carboxylic acids is 1. The van der Waals surface area contributed by atoms with Crippen LogP contribution >= 0.6 is 0 Å². The zero-order valence-corrected chi connectivity index (χ0v) is 13.1. The van der Waals surface area contributed by atoms with Crippen LogP contribution in [0.2, 0.25) is 0 Å². The second-order valence-corrected chi connectivity index (χ2v) is 5.30. The standard InChI is InChI=1S/C15H21N3O6/c1-8(16)13(21)17-11(6-9-2-4-10(20)5-3-9)14(22)18-12(7-19)15(23)24/h2-5,8,11-12,19-20H,6-7,16H2,1H3,(H,17,21)(H,18,22)(H,23,24). The molecule has 7 N–H and O–H groups in total. The predicted molar refractivity (Wildman–Crippen MR) is 84.0 cm³/mol. The molecule has 0 heterocycles. The first-order valence-electron chi connectivity index (χ1n) is 7.22. The zero-order chi connectivity index (χ0) is 18.3. The van der Waals surface area contributed by atoms with E-state index in [1.54, 1.807) is 12.1 Å². The Morgan fingerprint density at radius 2 is 1.62 bits per heavy atom. The average molecular weight is 339 g/mol. The molecule has 2 amide bonds. The quantitative estimate of drug-likeness (QED) is 0.330. The maximum Gasteiger partial charge on any atom is 0.328 e. The number of aromatic hydroxyl groups is 1. The van der Waals surface area contributed by atoms with E-state index >= 15 is 0 Å². The van der Waals surface area contributed by atoms with E-state index < -0.39 is 42.5 Å². The Balaban J connectivity index is 2.90. The molecule has 0 aliphatic heterocycles. The van der Waals surface area contributed by atoms with Crippen molar-refractivity contribution in [2.24, 2.45) is 5.73 Å². The molecular weight excluding hydrogens is 318 g/mol. The van der Waals surface area contributed by atoms with E-state index in [4.69, 9.17) is 15.9 Å². The van der Waals surface area contributed by atoms with Crippen LogP contribution in [0, 0.1) is 0 Å². The van der Waals surface area contributed by atoms with Crippen LogP contribution in [0.3, 0.4) is 0 Å². The fourth-order valence-electron chi connectivity index (χ4n) is 1.84. The average Bonchev–Trinajstić information content (AvgIpc) is 2.53. The van der Waals surface area contributed by atoms with Crippen molar-refractivity contribution in [2.75, 3.05) is 6.61 Å². The molecule has 0 spiro atoms. The van der Waals surface area contributed by atoms with Crippen LogP contribution in [0.4, 0.5) is 0 Å². The minimum atomic E-state index is -1.48. The molecule has 0 saturated heterocycles. The van der Waals surface area contributed by atoms with E-state index in [2.05, 4.69) is 10.6 Å². The summed E-state index contributed by atoms with van der Waals surface area (Å²) in [5.74, 6) is -2.69. The summed E-state index contributed by atoms with van der Waals surface area (Å²) in [7, 11) is 0. The lowest BCUT2D eigenvalue weighted by atomic mass is 10.0. The summed E-state index contributed by atoms with van der Waals surface area (Å²) in [5, 5.41) is 31.7. The highest BCUT2D eigenvalue weighted by Gasteiger charge is 2.27. The van der Waals surface area contributed by atoms with Crippen LogP contribution in [0.1, 0.15) is 12.5 Å². The topological polar surface area (TPSA) is 162 Å². The van der Waals surface area contributed by atoms with Crippen molar-refractivity contribution in [1.29, 1.82) is 0 Å². The molecule has 1 rings (SSSR count). The van der Waals surface area contributed by atoms with Gasteiger partial charge in [0.2, 0.25) is 11.8 Å². The zero-order valence-electron chi connectivity index (χ0n) is 13.1. The molecule has 0 aromatic heterocycles. The van der Waals surface area contributed by atoms with Crippen molar-refractivity contribution in [3.63, 3.8) is 0 Å². The number of aliphatic hydroxyl groups excluding tert-OH is 1. The van der Waals surface area contributed by atoms with Gasteiger partial charge in [0.25, 0.3) is 0 Å². The number of carboxylic acid groups (broad SMARTS) is 1. The number of carboxylic acids is 1. The third-order valence-corrected chi connectivity index (χ3v) is 3.22. The van der Waals surface area contributed by atoms with Crippen molar-refractivity contribution in [3.8, 4) is 5.75 Å². The minimum Gasteiger partial charge on any atom is -0.508 e. The SMILES string of the molecule is CC(N)C(=O)NC(Cc1ccc(O)cc1)C(=O)NC(CO)C(=O)O. The Kier molecular flexibility index (Phi) is 7.15. The molecule has 0 aliphatic carbocycles. The minimum absolute atomic E-state index is 0.0468. The van der Waals surface area contributed by atoms with Gasteiger partial charge in [0.15, 0.2) is 0 Å². The number of phenolic OH excluding ortho intramolecular Hbond substituents is 1. The lowest BCUT2D eigenvalue weighted by Crippen LogP contribution is -2.55. The van der Waals surface area contributed by atoms with Gasteiger partial charge in [-0.3, -0.25) is 9.59 Å². The predicted octanol–water partition coefficient (Wildman–Crippen LogP) is -1.67. The third kappa shape index (κ3) is 5.86. The monoisotopic (exact) mass is 339 g/mol. The fraction of sp³-hybridized carbons (Fsp3) is 0.400. The maximum atomic E-state index is 12.3. The van der Waals surface area contributed by atoms with Gasteiger partial charge in [0.05, 0.1) is 12.6 Å². The van der Waals surface area contributed by atoms with Gasteiger partial charge in [-0.1, -0.05) is 12.1 Å². The number of benzene rings is 1. The molecule has 1 aromatic carbocycles. The van der Waals surface area contributed by atoms with Gasteiger partial charge in [-0.2, -0.15) is 0 Å². The summed E-state index contributed by atoms with van der Waals surface area (Å²) in [5.41, 5.74) is 6.10. The van der Waals surface area contributed by atoms with Crippen LogP contribution in [-0.2, 0) is 20.8 Å². The van der Waals surface area contributed by atoms with E-state index in [0.717, 1.165) is 0 Å². The highest BCUT2D eigenvalue weighted by Crippen LogP contribution is 2.11. The first-order chi connectivity index (χ1) is 11.2. The fourth-order valence-corrected chi connectivity index (χ4v) is 1.84. The van der Waals surface area contributed by atoms with E-state index in [9.17, 15) is 19.5 Å². The number of hydrogen-bond donors (Lipinski definition) is 6. The molecule has 9 nitrogen and oxygen atoms in total. The summed E-state index contributed by atoms with van der Waals surface area (Å²) >= 11 is 0. The Morgan fingerprint density at radius 3 is 2.08 bits per heavy atom. The third-order valence-electron chi connectivity index (χ3n) is 3.22. The maximum absolute atomic E-state index is 12.3. The van der Waals surface area contributed by atoms with Crippen LogP contribution < -0.4 is 16.4 Å². The number of carbonyl (C=O) groups excluding carboxylic acids is 2. The van der Waals surface area contributed by atoms with Gasteiger partial charge >= 0.3 is 5.97 Å². The second kappa shape index (κ2) is 8.85. The van der Waals surface area contributed by atoms with E-state index in [1.165, 1.54) is 19.1 Å². The number of aliphatic hydroxyl groups is 1.